The zero-order chi connectivity index (χ0) is 22.0. The van der Waals surface area contributed by atoms with Crippen molar-refractivity contribution in [1.29, 1.82) is 0 Å². The highest BCUT2D eigenvalue weighted by molar-refractivity contribution is 7.91. The molecule has 162 valence electrons. The fourth-order valence-electron chi connectivity index (χ4n) is 3.85. The van der Waals surface area contributed by atoms with Crippen LogP contribution in [-0.4, -0.2) is 54.7 Å². The summed E-state index contributed by atoms with van der Waals surface area (Å²) in [5, 5.41) is 0. The fraction of sp³-hybridized carbons (Fsp3) is 0.273. The molecule has 0 radical (unpaired) electrons. The second kappa shape index (κ2) is 8.78. The molecule has 0 aliphatic carbocycles. The average molecular weight is 458 g/mol. The van der Waals surface area contributed by atoms with Crippen molar-refractivity contribution >= 4 is 27.3 Å². The van der Waals surface area contributed by atoms with Crippen LogP contribution in [0.3, 0.4) is 0 Å². The Morgan fingerprint density at radius 3 is 1.90 bits per heavy atom. The monoisotopic (exact) mass is 457 g/mol. The van der Waals surface area contributed by atoms with E-state index in [2.05, 4.69) is 4.98 Å². The molecule has 1 fully saturated rings. The molecule has 3 aromatic rings. The maximum atomic E-state index is 13.5. The quantitative estimate of drug-likeness (QED) is 0.637. The van der Waals surface area contributed by atoms with E-state index in [1.54, 1.807) is 11.8 Å². The molecule has 1 N–H and O–H groups in total. The van der Waals surface area contributed by atoms with Crippen molar-refractivity contribution in [2.45, 2.75) is 17.1 Å². The van der Waals surface area contributed by atoms with Gasteiger partial charge in [-0.05, 0) is 18.1 Å². The predicted octanol–water partition coefficient (Wildman–Crippen LogP) is 2.41. The summed E-state index contributed by atoms with van der Waals surface area (Å²) in [5.74, 6) is -0.486. The van der Waals surface area contributed by atoms with Gasteiger partial charge in [-0.1, -0.05) is 72.0 Å². The normalized spacial score (nSPS) is 15.4. The van der Waals surface area contributed by atoms with Crippen molar-refractivity contribution in [3.05, 3.63) is 87.2 Å². The smallest absolute Gasteiger partial charge is 0.305 e. The minimum absolute atomic E-state index is 0.0445. The molecule has 4 rings (SSSR count). The molecule has 9 heteroatoms. The van der Waals surface area contributed by atoms with Crippen LogP contribution >= 0.6 is 11.3 Å². The molecule has 2 aromatic carbocycles. The lowest BCUT2D eigenvalue weighted by molar-refractivity contribution is -0.133. The minimum atomic E-state index is -3.76. The van der Waals surface area contributed by atoms with Crippen molar-refractivity contribution < 1.29 is 13.2 Å². The molecule has 0 unspecified atom stereocenters. The largest absolute Gasteiger partial charge is 0.339 e. The number of hydrogen-bond donors (Lipinski definition) is 1. The number of aromatic nitrogens is 1. The van der Waals surface area contributed by atoms with Crippen LogP contribution in [-0.2, 0) is 14.8 Å². The van der Waals surface area contributed by atoms with Crippen LogP contribution in [0, 0.1) is 6.92 Å². The van der Waals surface area contributed by atoms with Crippen LogP contribution in [0.2, 0.25) is 0 Å². The first-order valence-corrected chi connectivity index (χ1v) is 12.2. The lowest BCUT2D eigenvalue weighted by Gasteiger charge is -2.35. The molecular formula is C22H23N3O4S2. The van der Waals surface area contributed by atoms with Crippen LogP contribution < -0.4 is 4.87 Å². The molecule has 1 saturated heterocycles. The van der Waals surface area contributed by atoms with Gasteiger partial charge in [-0.15, -0.1) is 0 Å². The Bertz CT molecular complexity index is 1170. The number of rotatable bonds is 5. The number of aryl methyl sites for hydroxylation is 1. The third kappa shape index (κ3) is 4.34. The maximum Gasteiger partial charge on any atom is 0.305 e. The van der Waals surface area contributed by atoms with Gasteiger partial charge in [-0.2, -0.15) is 4.31 Å². The Balaban J connectivity index is 1.54. The number of sulfonamides is 1. The second-order valence-electron chi connectivity index (χ2n) is 7.41. The van der Waals surface area contributed by atoms with E-state index in [1.165, 1.54) is 4.31 Å². The number of H-pyrrole nitrogens is 1. The Morgan fingerprint density at radius 1 is 0.935 bits per heavy atom. The maximum absolute atomic E-state index is 13.5. The summed E-state index contributed by atoms with van der Waals surface area (Å²) >= 11 is 0.700. The second-order valence-corrected chi connectivity index (χ2v) is 10.5. The number of hydrogen-bond acceptors (Lipinski definition) is 5. The number of amides is 1. The van der Waals surface area contributed by atoms with E-state index in [9.17, 15) is 18.0 Å². The summed E-state index contributed by atoms with van der Waals surface area (Å²) in [6.45, 7) is 2.56. The summed E-state index contributed by atoms with van der Waals surface area (Å²) < 4.78 is 27.3. The molecule has 1 aromatic heterocycles. The molecule has 0 spiro atoms. The lowest BCUT2D eigenvalue weighted by Crippen LogP contribution is -2.51. The molecule has 2 heterocycles. The van der Waals surface area contributed by atoms with E-state index in [-0.39, 0.29) is 23.2 Å². The van der Waals surface area contributed by atoms with Crippen LogP contribution in [0.15, 0.2) is 69.7 Å². The van der Waals surface area contributed by atoms with E-state index < -0.39 is 20.8 Å². The average Bonchev–Trinajstić information content (AvgIpc) is 3.14. The standard InChI is InChI=1S/C22H23N3O4S2/c1-16-21(30-22(27)23-16)31(28,29)25-14-12-24(13-15-25)20(26)19(17-8-4-2-5-9-17)18-10-6-3-7-11-18/h2-11,19H,12-15H2,1H3,(H,23,27). The SMILES string of the molecule is Cc1[nH]c(=O)sc1S(=O)(=O)N1CCN(C(=O)C(c2ccccc2)c2ccccc2)CC1. The van der Waals surface area contributed by atoms with Gasteiger partial charge in [0.2, 0.25) is 5.91 Å². The predicted molar refractivity (Wildman–Crippen MR) is 120 cm³/mol. The molecular weight excluding hydrogens is 434 g/mol. The van der Waals surface area contributed by atoms with Gasteiger partial charge >= 0.3 is 4.87 Å². The lowest BCUT2D eigenvalue weighted by atomic mass is 9.90. The zero-order valence-electron chi connectivity index (χ0n) is 17.0. The molecule has 1 aliphatic rings. The van der Waals surface area contributed by atoms with Gasteiger partial charge in [0.15, 0.2) is 4.21 Å². The van der Waals surface area contributed by atoms with Crippen LogP contribution in [0.5, 0.6) is 0 Å². The molecule has 0 saturated carbocycles. The molecule has 1 aliphatic heterocycles. The highest BCUT2D eigenvalue weighted by Gasteiger charge is 2.35. The number of aromatic amines is 1. The third-order valence-electron chi connectivity index (χ3n) is 5.42. The van der Waals surface area contributed by atoms with Crippen molar-refractivity contribution in [2.75, 3.05) is 26.2 Å². The van der Waals surface area contributed by atoms with Crippen molar-refractivity contribution in [1.82, 2.24) is 14.2 Å². The summed E-state index contributed by atoms with van der Waals surface area (Å²) in [6.07, 6.45) is 0. The molecule has 0 bridgehead atoms. The molecule has 7 nitrogen and oxygen atoms in total. The fourth-order valence-corrected chi connectivity index (χ4v) is 6.71. The van der Waals surface area contributed by atoms with Crippen molar-refractivity contribution in [3.8, 4) is 0 Å². The minimum Gasteiger partial charge on any atom is -0.339 e. The zero-order valence-corrected chi connectivity index (χ0v) is 18.7. The van der Waals surface area contributed by atoms with Gasteiger partial charge in [0, 0.05) is 31.9 Å². The summed E-state index contributed by atoms with van der Waals surface area (Å²) in [5.41, 5.74) is 2.16. The number of carbonyl (C=O) groups is 1. The molecule has 1 amide bonds. The first-order chi connectivity index (χ1) is 14.9. The Hall–Kier alpha value is -2.75. The first kappa shape index (κ1) is 21.5. The number of nitrogens with one attached hydrogen (secondary N) is 1. The topological polar surface area (TPSA) is 90.5 Å². The van der Waals surface area contributed by atoms with Gasteiger partial charge in [0.05, 0.1) is 5.92 Å². The van der Waals surface area contributed by atoms with Gasteiger partial charge in [-0.25, -0.2) is 8.42 Å². The van der Waals surface area contributed by atoms with Crippen LogP contribution in [0.25, 0.3) is 0 Å². The van der Waals surface area contributed by atoms with E-state index >= 15 is 0 Å². The highest BCUT2D eigenvalue weighted by atomic mass is 32.2. The highest BCUT2D eigenvalue weighted by Crippen LogP contribution is 2.28. The van der Waals surface area contributed by atoms with Crippen LogP contribution in [0.4, 0.5) is 0 Å². The van der Waals surface area contributed by atoms with Gasteiger partial charge < -0.3 is 9.88 Å². The van der Waals surface area contributed by atoms with E-state index in [0.29, 0.717) is 30.1 Å². The first-order valence-electron chi connectivity index (χ1n) is 9.96. The van der Waals surface area contributed by atoms with E-state index in [0.717, 1.165) is 11.1 Å². The molecule has 0 atom stereocenters. The third-order valence-corrected chi connectivity index (χ3v) is 8.90. The molecule has 31 heavy (non-hydrogen) atoms. The Kier molecular flexibility index (Phi) is 6.08. The van der Waals surface area contributed by atoms with Gasteiger partial charge in [0.1, 0.15) is 0 Å². The summed E-state index contributed by atoms with van der Waals surface area (Å²) in [6, 6.07) is 19.2. The number of benzene rings is 2. The Morgan fingerprint density at radius 2 is 1.45 bits per heavy atom. The summed E-state index contributed by atoms with van der Waals surface area (Å²) in [4.78, 5) is 28.9. The Labute approximate surface area is 185 Å². The number of thiazole rings is 1. The number of piperazine rings is 1. The van der Waals surface area contributed by atoms with Gasteiger partial charge in [0.25, 0.3) is 10.0 Å². The van der Waals surface area contributed by atoms with Crippen LogP contribution in [0.1, 0.15) is 22.7 Å². The number of carbonyl (C=O) groups excluding carboxylic acids is 1. The van der Waals surface area contributed by atoms with E-state index in [4.69, 9.17) is 0 Å². The van der Waals surface area contributed by atoms with Crippen molar-refractivity contribution in [3.63, 3.8) is 0 Å². The summed E-state index contributed by atoms with van der Waals surface area (Å²) in [7, 11) is -3.76. The van der Waals surface area contributed by atoms with Crippen molar-refractivity contribution in [2.24, 2.45) is 0 Å². The number of nitrogens with zero attached hydrogens (tertiary/aromatic N) is 2. The van der Waals surface area contributed by atoms with E-state index in [1.807, 2.05) is 60.7 Å². The van der Waals surface area contributed by atoms with Gasteiger partial charge in [-0.3, -0.25) is 9.59 Å².